The molecule has 5 nitrogen and oxygen atoms in total. The fourth-order valence-electron chi connectivity index (χ4n) is 1.08. The predicted molar refractivity (Wildman–Crippen MR) is 72.2 cm³/mol. The van der Waals surface area contributed by atoms with Crippen molar-refractivity contribution in [2.45, 2.75) is 24.0 Å². The minimum absolute atomic E-state index is 0.00774. The molecule has 8 heteroatoms. The summed E-state index contributed by atoms with van der Waals surface area (Å²) in [5.74, 6) is 0. The number of halogens is 1. The third kappa shape index (κ3) is 3.60. The Kier molecular flexibility index (Phi) is 4.30. The molecule has 102 valence electrons. The molecule has 0 atom stereocenters. The zero-order valence-corrected chi connectivity index (χ0v) is 12.5. The van der Waals surface area contributed by atoms with Gasteiger partial charge in [-0.3, -0.25) is 4.72 Å². The number of hydrogen-bond donors (Lipinski definition) is 1. The summed E-state index contributed by atoms with van der Waals surface area (Å²) in [6.45, 7) is 3.02. The van der Waals surface area contributed by atoms with Crippen LogP contribution in [0.15, 0.2) is 23.1 Å². The van der Waals surface area contributed by atoms with E-state index in [1.807, 2.05) is 0 Å². The van der Waals surface area contributed by atoms with E-state index in [0.717, 1.165) is 6.26 Å². The van der Waals surface area contributed by atoms with E-state index in [-0.39, 0.29) is 15.6 Å². The Labute approximate surface area is 112 Å². The molecule has 1 aromatic rings. The summed E-state index contributed by atoms with van der Waals surface area (Å²) < 4.78 is 48.4. The molecule has 0 bridgehead atoms. The molecule has 0 fully saturated rings. The molecule has 0 aliphatic heterocycles. The molecular formula is C10H14ClNO4S2. The minimum Gasteiger partial charge on any atom is -0.282 e. The Morgan fingerprint density at radius 3 is 2.17 bits per heavy atom. The Balaban J connectivity index is 3.27. The van der Waals surface area contributed by atoms with Crippen molar-refractivity contribution in [2.24, 2.45) is 0 Å². The zero-order valence-electron chi connectivity index (χ0n) is 10.1. The van der Waals surface area contributed by atoms with Gasteiger partial charge in [-0.05, 0) is 32.0 Å². The number of hydrogen-bond acceptors (Lipinski definition) is 4. The molecule has 0 saturated heterocycles. The number of nitrogens with one attached hydrogen (secondary N) is 1. The van der Waals surface area contributed by atoms with Gasteiger partial charge in [-0.2, -0.15) is 0 Å². The fourth-order valence-corrected chi connectivity index (χ4v) is 2.66. The third-order valence-electron chi connectivity index (χ3n) is 2.24. The molecule has 0 aromatic heterocycles. The molecule has 0 aliphatic carbocycles. The first-order chi connectivity index (χ1) is 8.04. The fraction of sp³-hybridized carbons (Fsp3) is 0.400. The molecule has 1 N–H and O–H groups in total. The van der Waals surface area contributed by atoms with E-state index >= 15 is 0 Å². The van der Waals surface area contributed by atoms with Crippen molar-refractivity contribution in [3.05, 3.63) is 23.2 Å². The third-order valence-corrected chi connectivity index (χ3v) is 5.42. The monoisotopic (exact) mass is 311 g/mol. The predicted octanol–water partition coefficient (Wildman–Crippen LogP) is 1.89. The van der Waals surface area contributed by atoms with Crippen LogP contribution in [0.4, 0.5) is 5.69 Å². The smallest absolute Gasteiger partial charge is 0.235 e. The average molecular weight is 312 g/mol. The highest BCUT2D eigenvalue weighted by atomic mass is 35.5. The van der Waals surface area contributed by atoms with Crippen molar-refractivity contribution in [3.8, 4) is 0 Å². The summed E-state index contributed by atoms with van der Waals surface area (Å²) in [7, 11) is -6.98. The Bertz CT molecular complexity index is 650. The highest BCUT2D eigenvalue weighted by Crippen LogP contribution is 2.26. The number of benzene rings is 1. The van der Waals surface area contributed by atoms with Gasteiger partial charge in [0.15, 0.2) is 9.84 Å². The van der Waals surface area contributed by atoms with Crippen LogP contribution < -0.4 is 4.72 Å². The lowest BCUT2D eigenvalue weighted by atomic mass is 10.3. The SMILES string of the molecule is CC(C)S(=O)(=O)Nc1cc(S(C)(=O)=O)ccc1Cl. The summed E-state index contributed by atoms with van der Waals surface area (Å²) in [4.78, 5) is 0.00774. The molecule has 1 aromatic carbocycles. The van der Waals surface area contributed by atoms with Crippen LogP contribution in [0.25, 0.3) is 0 Å². The lowest BCUT2D eigenvalue weighted by molar-refractivity contribution is 0.592. The quantitative estimate of drug-likeness (QED) is 0.921. The van der Waals surface area contributed by atoms with Crippen LogP contribution in [-0.2, 0) is 19.9 Å². The molecule has 0 radical (unpaired) electrons. The summed E-state index contributed by atoms with van der Waals surface area (Å²) in [5, 5.41) is -0.498. The molecule has 0 saturated carbocycles. The molecule has 0 aliphatic rings. The van der Waals surface area contributed by atoms with Crippen LogP contribution in [0.1, 0.15) is 13.8 Å². The molecule has 0 heterocycles. The Morgan fingerprint density at radius 2 is 1.72 bits per heavy atom. The van der Waals surface area contributed by atoms with Crippen LogP contribution in [0.2, 0.25) is 5.02 Å². The van der Waals surface area contributed by atoms with Gasteiger partial charge in [0.2, 0.25) is 10.0 Å². The van der Waals surface area contributed by atoms with Crippen molar-refractivity contribution >= 4 is 37.1 Å². The Morgan fingerprint density at radius 1 is 1.17 bits per heavy atom. The van der Waals surface area contributed by atoms with Crippen LogP contribution >= 0.6 is 11.6 Å². The second-order valence-electron chi connectivity index (χ2n) is 4.11. The molecule has 0 amide bonds. The maximum absolute atomic E-state index is 11.7. The maximum Gasteiger partial charge on any atom is 0.235 e. The summed E-state index contributed by atoms with van der Waals surface area (Å²) >= 11 is 5.84. The number of anilines is 1. The molecule has 1 rings (SSSR count). The highest BCUT2D eigenvalue weighted by Gasteiger charge is 2.18. The van der Waals surface area contributed by atoms with Crippen molar-refractivity contribution in [2.75, 3.05) is 11.0 Å². The minimum atomic E-state index is -3.57. The molecule has 0 spiro atoms. The van der Waals surface area contributed by atoms with Crippen molar-refractivity contribution < 1.29 is 16.8 Å². The van der Waals surface area contributed by atoms with E-state index in [4.69, 9.17) is 11.6 Å². The normalized spacial score (nSPS) is 12.7. The average Bonchev–Trinajstić information content (AvgIpc) is 2.19. The Hall–Kier alpha value is -0.790. The zero-order chi connectivity index (χ0) is 14.1. The van der Waals surface area contributed by atoms with Crippen molar-refractivity contribution in [3.63, 3.8) is 0 Å². The van der Waals surface area contributed by atoms with Gasteiger partial charge in [-0.25, -0.2) is 16.8 Å². The van der Waals surface area contributed by atoms with Gasteiger partial charge >= 0.3 is 0 Å². The van der Waals surface area contributed by atoms with Crippen LogP contribution in [-0.4, -0.2) is 28.3 Å². The van der Waals surface area contributed by atoms with E-state index in [1.165, 1.54) is 32.0 Å². The van der Waals surface area contributed by atoms with E-state index in [2.05, 4.69) is 4.72 Å². The van der Waals surface area contributed by atoms with E-state index in [1.54, 1.807) is 0 Å². The van der Waals surface area contributed by atoms with Gasteiger partial charge in [-0.1, -0.05) is 11.6 Å². The second-order valence-corrected chi connectivity index (χ2v) is 8.77. The lowest BCUT2D eigenvalue weighted by Crippen LogP contribution is -2.22. The van der Waals surface area contributed by atoms with Gasteiger partial charge in [0.05, 0.1) is 20.9 Å². The largest absolute Gasteiger partial charge is 0.282 e. The van der Waals surface area contributed by atoms with Gasteiger partial charge < -0.3 is 0 Å². The van der Waals surface area contributed by atoms with Crippen LogP contribution in [0.5, 0.6) is 0 Å². The van der Waals surface area contributed by atoms with E-state index in [9.17, 15) is 16.8 Å². The first-order valence-corrected chi connectivity index (χ1v) is 8.87. The van der Waals surface area contributed by atoms with E-state index in [0.29, 0.717) is 0 Å². The standard InChI is InChI=1S/C10H14ClNO4S2/c1-7(2)18(15,16)12-10-6-8(17(3,13)14)4-5-9(10)11/h4-7,12H,1-3H3. The van der Waals surface area contributed by atoms with E-state index < -0.39 is 25.1 Å². The van der Waals surface area contributed by atoms with Gasteiger partial charge in [-0.15, -0.1) is 0 Å². The summed E-state index contributed by atoms with van der Waals surface area (Å²) in [5.41, 5.74) is 0.0632. The molecular weight excluding hydrogens is 298 g/mol. The first kappa shape index (κ1) is 15.3. The van der Waals surface area contributed by atoms with Crippen LogP contribution in [0, 0.1) is 0 Å². The van der Waals surface area contributed by atoms with Crippen molar-refractivity contribution in [1.29, 1.82) is 0 Å². The highest BCUT2D eigenvalue weighted by molar-refractivity contribution is 7.93. The van der Waals surface area contributed by atoms with Crippen LogP contribution in [0.3, 0.4) is 0 Å². The maximum atomic E-state index is 11.7. The van der Waals surface area contributed by atoms with Gasteiger partial charge in [0.25, 0.3) is 0 Å². The van der Waals surface area contributed by atoms with Crippen molar-refractivity contribution in [1.82, 2.24) is 0 Å². The topological polar surface area (TPSA) is 80.3 Å². The second kappa shape index (κ2) is 5.07. The number of sulfonamides is 1. The number of rotatable bonds is 4. The molecule has 0 unspecified atom stereocenters. The van der Waals surface area contributed by atoms with Gasteiger partial charge in [0.1, 0.15) is 0 Å². The summed E-state index contributed by atoms with van der Waals surface area (Å²) in [6, 6.07) is 3.87. The van der Waals surface area contributed by atoms with Gasteiger partial charge in [0, 0.05) is 6.26 Å². The molecule has 18 heavy (non-hydrogen) atoms. The summed E-state index contributed by atoms with van der Waals surface area (Å²) in [6.07, 6.45) is 1.04. The number of sulfone groups is 1. The lowest BCUT2D eigenvalue weighted by Gasteiger charge is -2.12. The first-order valence-electron chi connectivity index (χ1n) is 5.05.